The van der Waals surface area contributed by atoms with E-state index in [0.29, 0.717) is 0 Å². The molecule has 0 fully saturated rings. The van der Waals surface area contributed by atoms with E-state index < -0.39 is 10.0 Å². The molecule has 0 amide bonds. The molecule has 0 aromatic heterocycles. The van der Waals surface area contributed by atoms with E-state index in [1.807, 2.05) is 13.0 Å². The lowest BCUT2D eigenvalue weighted by atomic mass is 10.0. The Morgan fingerprint density at radius 3 is 2.62 bits per heavy atom. The second kappa shape index (κ2) is 4.18. The van der Waals surface area contributed by atoms with Crippen molar-refractivity contribution in [2.75, 3.05) is 6.26 Å². The van der Waals surface area contributed by atoms with E-state index in [1.165, 1.54) is 23.8 Å². The van der Waals surface area contributed by atoms with Crippen LogP contribution in [0.3, 0.4) is 0 Å². The van der Waals surface area contributed by atoms with Crippen molar-refractivity contribution in [2.24, 2.45) is 0 Å². The molecular formula is C12H17NO2S. The van der Waals surface area contributed by atoms with Gasteiger partial charge in [-0.2, -0.15) is 0 Å². The minimum atomic E-state index is -3.14. The van der Waals surface area contributed by atoms with Crippen molar-refractivity contribution in [3.63, 3.8) is 0 Å². The van der Waals surface area contributed by atoms with Gasteiger partial charge in [-0.15, -0.1) is 0 Å². The summed E-state index contributed by atoms with van der Waals surface area (Å²) in [5, 5.41) is 0. The van der Waals surface area contributed by atoms with Crippen molar-refractivity contribution in [3.05, 3.63) is 34.9 Å². The largest absolute Gasteiger partial charge is 0.213 e. The molecule has 16 heavy (non-hydrogen) atoms. The predicted octanol–water partition coefficient (Wildman–Crippen LogP) is 1.79. The Labute approximate surface area is 96.9 Å². The molecule has 0 bridgehead atoms. The van der Waals surface area contributed by atoms with Gasteiger partial charge in [-0.1, -0.05) is 18.2 Å². The molecular weight excluding hydrogens is 222 g/mol. The van der Waals surface area contributed by atoms with Crippen LogP contribution in [0.25, 0.3) is 0 Å². The lowest BCUT2D eigenvalue weighted by Crippen LogP contribution is -2.25. The Hall–Kier alpha value is -0.870. The summed E-state index contributed by atoms with van der Waals surface area (Å²) in [6.45, 7) is 1.87. The van der Waals surface area contributed by atoms with E-state index in [0.717, 1.165) is 18.4 Å². The average molecular weight is 239 g/mol. The zero-order valence-electron chi connectivity index (χ0n) is 9.66. The van der Waals surface area contributed by atoms with Crippen molar-refractivity contribution in [1.82, 2.24) is 4.72 Å². The zero-order valence-corrected chi connectivity index (χ0v) is 10.5. The maximum absolute atomic E-state index is 11.1. The van der Waals surface area contributed by atoms with Gasteiger partial charge in [-0.3, -0.25) is 0 Å². The standard InChI is InChI=1S/C12H17NO2S/c1-9(13-16(2,14)15)11-7-6-10-4-3-5-12(10)8-11/h6-9,13H,3-5H2,1-2H3. The fourth-order valence-corrected chi connectivity index (χ4v) is 3.03. The third-order valence-corrected chi connectivity index (χ3v) is 3.80. The lowest BCUT2D eigenvalue weighted by Gasteiger charge is -2.13. The van der Waals surface area contributed by atoms with Gasteiger partial charge in [0.25, 0.3) is 0 Å². The zero-order chi connectivity index (χ0) is 11.8. The smallest absolute Gasteiger partial charge is 0.209 e. The first-order valence-electron chi connectivity index (χ1n) is 5.55. The molecule has 0 spiro atoms. The Balaban J connectivity index is 2.21. The van der Waals surface area contributed by atoms with Gasteiger partial charge in [0.1, 0.15) is 0 Å². The summed E-state index contributed by atoms with van der Waals surface area (Å²) in [6.07, 6.45) is 4.68. The number of rotatable bonds is 3. The Bertz CT molecular complexity index is 494. The maximum Gasteiger partial charge on any atom is 0.209 e. The molecule has 88 valence electrons. The normalized spacial score (nSPS) is 17.1. The second-order valence-electron chi connectivity index (χ2n) is 4.49. The summed E-state index contributed by atoms with van der Waals surface area (Å²) in [6, 6.07) is 6.12. The molecule has 1 aliphatic carbocycles. The SMILES string of the molecule is CC(NS(C)(=O)=O)c1ccc2c(c1)CCC2. The Kier molecular flexibility index (Phi) is 3.04. The van der Waals surface area contributed by atoms with Crippen LogP contribution in [0.1, 0.15) is 36.1 Å². The summed E-state index contributed by atoms with van der Waals surface area (Å²) in [4.78, 5) is 0. The van der Waals surface area contributed by atoms with E-state index in [2.05, 4.69) is 16.9 Å². The first kappa shape index (κ1) is 11.6. The molecule has 0 heterocycles. The third kappa shape index (κ3) is 2.62. The van der Waals surface area contributed by atoms with Crippen LogP contribution in [0.5, 0.6) is 0 Å². The number of aryl methyl sites for hydroxylation is 2. The van der Waals surface area contributed by atoms with Crippen LogP contribution in [-0.2, 0) is 22.9 Å². The van der Waals surface area contributed by atoms with Crippen LogP contribution in [0.4, 0.5) is 0 Å². The van der Waals surface area contributed by atoms with Gasteiger partial charge in [-0.25, -0.2) is 13.1 Å². The van der Waals surface area contributed by atoms with Crippen LogP contribution in [0.2, 0.25) is 0 Å². The Morgan fingerprint density at radius 1 is 1.25 bits per heavy atom. The highest BCUT2D eigenvalue weighted by Gasteiger charge is 2.15. The summed E-state index contributed by atoms with van der Waals surface area (Å²) < 4.78 is 24.9. The minimum Gasteiger partial charge on any atom is -0.213 e. The summed E-state index contributed by atoms with van der Waals surface area (Å²) in [5.41, 5.74) is 3.83. The molecule has 4 heteroatoms. The van der Waals surface area contributed by atoms with Gasteiger partial charge in [-0.05, 0) is 42.9 Å². The minimum absolute atomic E-state index is 0.152. The molecule has 1 N–H and O–H groups in total. The fourth-order valence-electron chi connectivity index (χ4n) is 2.25. The molecule has 3 nitrogen and oxygen atoms in total. The number of sulfonamides is 1. The number of hydrogen-bond donors (Lipinski definition) is 1. The van der Waals surface area contributed by atoms with Crippen molar-refractivity contribution in [3.8, 4) is 0 Å². The summed E-state index contributed by atoms with van der Waals surface area (Å²) in [7, 11) is -3.14. The number of hydrogen-bond acceptors (Lipinski definition) is 2. The number of benzene rings is 1. The first-order valence-corrected chi connectivity index (χ1v) is 7.44. The van der Waals surface area contributed by atoms with Crippen LogP contribution >= 0.6 is 0 Å². The van der Waals surface area contributed by atoms with Crippen LogP contribution in [0.15, 0.2) is 18.2 Å². The van der Waals surface area contributed by atoms with Gasteiger partial charge in [0.15, 0.2) is 0 Å². The van der Waals surface area contributed by atoms with Crippen molar-refractivity contribution in [1.29, 1.82) is 0 Å². The van der Waals surface area contributed by atoms with Gasteiger partial charge < -0.3 is 0 Å². The molecule has 2 rings (SSSR count). The summed E-state index contributed by atoms with van der Waals surface area (Å²) >= 11 is 0. The second-order valence-corrected chi connectivity index (χ2v) is 6.27. The Morgan fingerprint density at radius 2 is 1.94 bits per heavy atom. The van der Waals surface area contributed by atoms with Gasteiger partial charge in [0.2, 0.25) is 10.0 Å². The van der Waals surface area contributed by atoms with E-state index in [9.17, 15) is 8.42 Å². The first-order chi connectivity index (χ1) is 7.46. The van der Waals surface area contributed by atoms with Crippen molar-refractivity contribution < 1.29 is 8.42 Å². The number of nitrogens with one attached hydrogen (secondary N) is 1. The third-order valence-electron chi connectivity index (χ3n) is 3.01. The van der Waals surface area contributed by atoms with E-state index in [-0.39, 0.29) is 6.04 Å². The highest BCUT2D eigenvalue weighted by molar-refractivity contribution is 7.88. The lowest BCUT2D eigenvalue weighted by molar-refractivity contribution is 0.573. The molecule has 0 aliphatic heterocycles. The predicted molar refractivity (Wildman–Crippen MR) is 64.9 cm³/mol. The highest BCUT2D eigenvalue weighted by Crippen LogP contribution is 2.25. The fraction of sp³-hybridized carbons (Fsp3) is 0.500. The molecule has 1 unspecified atom stereocenters. The molecule has 0 radical (unpaired) electrons. The molecule has 1 aromatic rings. The quantitative estimate of drug-likeness (QED) is 0.874. The van der Waals surface area contributed by atoms with Gasteiger partial charge in [0, 0.05) is 6.04 Å². The molecule has 1 aliphatic rings. The van der Waals surface area contributed by atoms with Crippen LogP contribution in [0, 0.1) is 0 Å². The van der Waals surface area contributed by atoms with Gasteiger partial charge in [0.05, 0.1) is 6.26 Å². The van der Waals surface area contributed by atoms with Crippen molar-refractivity contribution in [2.45, 2.75) is 32.2 Å². The van der Waals surface area contributed by atoms with Crippen LogP contribution < -0.4 is 4.72 Å². The van der Waals surface area contributed by atoms with Crippen molar-refractivity contribution >= 4 is 10.0 Å². The average Bonchev–Trinajstić information content (AvgIpc) is 2.61. The van der Waals surface area contributed by atoms with E-state index in [1.54, 1.807) is 0 Å². The topological polar surface area (TPSA) is 46.2 Å². The van der Waals surface area contributed by atoms with E-state index >= 15 is 0 Å². The number of fused-ring (bicyclic) bond motifs is 1. The monoisotopic (exact) mass is 239 g/mol. The van der Waals surface area contributed by atoms with Crippen LogP contribution in [-0.4, -0.2) is 14.7 Å². The molecule has 1 aromatic carbocycles. The summed E-state index contributed by atoms with van der Waals surface area (Å²) in [5.74, 6) is 0. The van der Waals surface area contributed by atoms with Gasteiger partial charge >= 0.3 is 0 Å². The molecule has 1 atom stereocenters. The maximum atomic E-state index is 11.1. The van der Waals surface area contributed by atoms with E-state index in [4.69, 9.17) is 0 Å². The molecule has 0 saturated heterocycles. The molecule has 0 saturated carbocycles. The highest BCUT2D eigenvalue weighted by atomic mass is 32.2.